The Morgan fingerprint density at radius 2 is 1.77 bits per heavy atom. The third-order valence-electron chi connectivity index (χ3n) is 5.81. The molecule has 1 aromatic carbocycles. The van der Waals surface area contributed by atoms with Crippen LogP contribution in [-0.4, -0.2) is 36.8 Å². The monoisotopic (exact) mass is 424 g/mol. The van der Waals surface area contributed by atoms with E-state index in [1.807, 2.05) is 45.3 Å². The Morgan fingerprint density at radius 1 is 1.06 bits per heavy atom. The van der Waals surface area contributed by atoms with Gasteiger partial charge in [0.15, 0.2) is 17.0 Å². The summed E-state index contributed by atoms with van der Waals surface area (Å²) in [5.41, 5.74) is 2.47. The molecule has 3 atom stereocenters. The molecule has 31 heavy (non-hydrogen) atoms. The number of fused-ring (bicyclic) bond motifs is 1. The standard InChI is InChI=1S/C24H36N6O/c1-7-16(3)30-15-26-19-21(25-14-17-12-10-9-11-13-17)28-23(29-22(19)30)27-18(8-2)20(31)24(4,5)6/h9-13,15-16,18,20,31H,7-8,14H2,1-6H3,(H2,25,27,28,29). The number of aliphatic hydroxyl groups is 1. The fourth-order valence-electron chi connectivity index (χ4n) is 3.58. The molecule has 168 valence electrons. The molecule has 3 aromatic rings. The molecule has 0 spiro atoms. The summed E-state index contributed by atoms with van der Waals surface area (Å²) in [6, 6.07) is 10.3. The molecule has 0 saturated heterocycles. The summed E-state index contributed by atoms with van der Waals surface area (Å²) in [4.78, 5) is 14.2. The van der Waals surface area contributed by atoms with Crippen molar-refractivity contribution < 1.29 is 5.11 Å². The van der Waals surface area contributed by atoms with Gasteiger partial charge in [0.1, 0.15) is 0 Å². The number of hydrogen-bond acceptors (Lipinski definition) is 6. The number of nitrogens with one attached hydrogen (secondary N) is 2. The van der Waals surface area contributed by atoms with E-state index in [1.165, 1.54) is 5.56 Å². The molecule has 7 heteroatoms. The predicted molar refractivity (Wildman–Crippen MR) is 127 cm³/mol. The van der Waals surface area contributed by atoms with Crippen LogP contribution in [0.3, 0.4) is 0 Å². The van der Waals surface area contributed by atoms with Gasteiger partial charge in [-0.2, -0.15) is 9.97 Å². The second kappa shape index (κ2) is 9.64. The summed E-state index contributed by atoms with van der Waals surface area (Å²) in [5, 5.41) is 17.7. The van der Waals surface area contributed by atoms with E-state index in [0.29, 0.717) is 18.3 Å². The van der Waals surface area contributed by atoms with Crippen molar-refractivity contribution in [2.75, 3.05) is 10.6 Å². The Bertz CT molecular complexity index is 979. The summed E-state index contributed by atoms with van der Waals surface area (Å²) in [6.07, 6.45) is 3.05. The molecule has 3 unspecified atom stereocenters. The molecule has 2 heterocycles. The fraction of sp³-hybridized carbons (Fsp3) is 0.542. The summed E-state index contributed by atoms with van der Waals surface area (Å²) in [7, 11) is 0. The maximum absolute atomic E-state index is 10.8. The van der Waals surface area contributed by atoms with Gasteiger partial charge in [-0.05, 0) is 30.7 Å². The minimum absolute atomic E-state index is 0.153. The molecule has 0 aliphatic carbocycles. The highest BCUT2D eigenvalue weighted by Gasteiger charge is 2.30. The van der Waals surface area contributed by atoms with E-state index in [9.17, 15) is 5.11 Å². The Kier molecular flexibility index (Phi) is 7.15. The van der Waals surface area contributed by atoms with E-state index < -0.39 is 6.10 Å². The third-order valence-corrected chi connectivity index (χ3v) is 5.81. The van der Waals surface area contributed by atoms with Gasteiger partial charge in [0, 0.05) is 12.6 Å². The fourth-order valence-corrected chi connectivity index (χ4v) is 3.58. The van der Waals surface area contributed by atoms with Crippen LogP contribution in [0.2, 0.25) is 0 Å². The Hall–Kier alpha value is -2.67. The van der Waals surface area contributed by atoms with E-state index in [0.717, 1.165) is 24.0 Å². The highest BCUT2D eigenvalue weighted by Crippen LogP contribution is 2.28. The summed E-state index contributed by atoms with van der Waals surface area (Å²) in [5.74, 6) is 1.20. The highest BCUT2D eigenvalue weighted by atomic mass is 16.3. The van der Waals surface area contributed by atoms with E-state index in [-0.39, 0.29) is 17.5 Å². The number of aromatic nitrogens is 4. The van der Waals surface area contributed by atoms with Crippen molar-refractivity contribution >= 4 is 22.9 Å². The van der Waals surface area contributed by atoms with Crippen molar-refractivity contribution in [3.8, 4) is 0 Å². The van der Waals surface area contributed by atoms with Gasteiger partial charge >= 0.3 is 0 Å². The zero-order valence-electron chi connectivity index (χ0n) is 19.6. The lowest BCUT2D eigenvalue weighted by Crippen LogP contribution is -2.42. The van der Waals surface area contributed by atoms with Gasteiger partial charge in [0.2, 0.25) is 5.95 Å². The van der Waals surface area contributed by atoms with Crippen molar-refractivity contribution in [1.29, 1.82) is 0 Å². The lowest BCUT2D eigenvalue weighted by Gasteiger charge is -2.33. The first kappa shape index (κ1) is 23.0. The molecular formula is C24H36N6O. The van der Waals surface area contributed by atoms with Crippen LogP contribution >= 0.6 is 0 Å². The first-order valence-corrected chi connectivity index (χ1v) is 11.2. The average Bonchev–Trinajstić information content (AvgIpc) is 3.19. The number of nitrogens with zero attached hydrogens (tertiary/aromatic N) is 4. The number of benzene rings is 1. The van der Waals surface area contributed by atoms with Gasteiger partial charge in [0.05, 0.1) is 18.5 Å². The third kappa shape index (κ3) is 5.34. The molecule has 0 radical (unpaired) electrons. The number of rotatable bonds is 9. The Balaban J connectivity index is 1.98. The van der Waals surface area contributed by atoms with E-state index in [2.05, 4.69) is 53.1 Å². The van der Waals surface area contributed by atoms with Crippen molar-refractivity contribution in [3.63, 3.8) is 0 Å². The number of anilines is 2. The zero-order chi connectivity index (χ0) is 22.6. The van der Waals surface area contributed by atoms with Crippen LogP contribution in [0, 0.1) is 5.41 Å². The Morgan fingerprint density at radius 3 is 2.39 bits per heavy atom. The van der Waals surface area contributed by atoms with Gasteiger partial charge in [-0.25, -0.2) is 4.98 Å². The molecule has 3 rings (SSSR count). The smallest absolute Gasteiger partial charge is 0.227 e. The quantitative estimate of drug-likeness (QED) is 0.448. The molecule has 0 aliphatic rings. The van der Waals surface area contributed by atoms with Gasteiger partial charge in [-0.1, -0.05) is 65.0 Å². The van der Waals surface area contributed by atoms with Crippen LogP contribution in [0.25, 0.3) is 11.2 Å². The van der Waals surface area contributed by atoms with Crippen LogP contribution in [-0.2, 0) is 6.54 Å². The molecule has 0 fully saturated rings. The summed E-state index contributed by atoms with van der Waals surface area (Å²) in [6.45, 7) is 13.1. The zero-order valence-corrected chi connectivity index (χ0v) is 19.6. The van der Waals surface area contributed by atoms with Crippen LogP contribution in [0.15, 0.2) is 36.7 Å². The van der Waals surface area contributed by atoms with E-state index >= 15 is 0 Å². The Labute approximate surface area is 185 Å². The summed E-state index contributed by atoms with van der Waals surface area (Å²) >= 11 is 0. The van der Waals surface area contributed by atoms with Crippen LogP contribution < -0.4 is 10.6 Å². The van der Waals surface area contributed by atoms with Crippen LogP contribution in [0.5, 0.6) is 0 Å². The number of hydrogen-bond donors (Lipinski definition) is 3. The van der Waals surface area contributed by atoms with Gasteiger partial charge < -0.3 is 20.3 Å². The minimum atomic E-state index is -0.531. The van der Waals surface area contributed by atoms with Crippen molar-refractivity contribution in [1.82, 2.24) is 19.5 Å². The second-order valence-electron chi connectivity index (χ2n) is 9.29. The van der Waals surface area contributed by atoms with Crippen molar-refractivity contribution in [2.45, 2.75) is 79.1 Å². The molecule has 0 bridgehead atoms. The minimum Gasteiger partial charge on any atom is -0.390 e. The van der Waals surface area contributed by atoms with Crippen LogP contribution in [0.4, 0.5) is 11.8 Å². The van der Waals surface area contributed by atoms with Gasteiger partial charge in [-0.3, -0.25) is 0 Å². The first-order chi connectivity index (χ1) is 14.7. The van der Waals surface area contributed by atoms with E-state index in [1.54, 1.807) is 0 Å². The molecule has 0 saturated carbocycles. The van der Waals surface area contributed by atoms with Crippen LogP contribution in [0.1, 0.15) is 66.0 Å². The van der Waals surface area contributed by atoms with Gasteiger partial charge in [0.25, 0.3) is 0 Å². The lowest BCUT2D eigenvalue weighted by molar-refractivity contribution is 0.0451. The molecule has 0 aliphatic heterocycles. The molecule has 2 aromatic heterocycles. The lowest BCUT2D eigenvalue weighted by atomic mass is 9.84. The summed E-state index contributed by atoms with van der Waals surface area (Å²) < 4.78 is 2.09. The van der Waals surface area contributed by atoms with Crippen molar-refractivity contribution in [2.24, 2.45) is 5.41 Å². The number of aliphatic hydroxyl groups excluding tert-OH is 1. The highest BCUT2D eigenvalue weighted by molar-refractivity contribution is 5.84. The second-order valence-corrected chi connectivity index (χ2v) is 9.29. The SMILES string of the molecule is CCC(Nc1nc(NCc2ccccc2)c2ncn(C(C)CC)c2n1)C(O)C(C)(C)C. The normalized spacial score (nSPS) is 14.9. The van der Waals surface area contributed by atoms with Gasteiger partial charge in [-0.15, -0.1) is 0 Å². The molecule has 3 N–H and O–H groups in total. The first-order valence-electron chi connectivity index (χ1n) is 11.2. The molecule has 7 nitrogen and oxygen atoms in total. The predicted octanol–water partition coefficient (Wildman–Crippen LogP) is 5.01. The molecular weight excluding hydrogens is 388 g/mol. The maximum Gasteiger partial charge on any atom is 0.227 e. The average molecular weight is 425 g/mol. The number of imidazole rings is 1. The largest absolute Gasteiger partial charge is 0.390 e. The molecule has 0 amide bonds. The topological polar surface area (TPSA) is 87.9 Å². The maximum atomic E-state index is 10.8. The van der Waals surface area contributed by atoms with Crippen molar-refractivity contribution in [3.05, 3.63) is 42.2 Å². The van der Waals surface area contributed by atoms with E-state index in [4.69, 9.17) is 9.97 Å².